The number of carbonyl (C=O) groups excluding carboxylic acids is 1. The van der Waals surface area contributed by atoms with Crippen LogP contribution >= 0.6 is 0 Å². The van der Waals surface area contributed by atoms with E-state index in [0.717, 1.165) is 21.9 Å². The third kappa shape index (κ3) is 4.49. The molecule has 0 aliphatic heterocycles. The van der Waals surface area contributed by atoms with Gasteiger partial charge in [0.2, 0.25) is 0 Å². The molecule has 2 N–H and O–H groups in total. The first-order valence-electron chi connectivity index (χ1n) is 9.21. The van der Waals surface area contributed by atoms with E-state index in [0.29, 0.717) is 17.2 Å². The van der Waals surface area contributed by atoms with Crippen molar-refractivity contribution in [1.29, 1.82) is 0 Å². The Morgan fingerprint density at radius 1 is 1.18 bits per heavy atom. The van der Waals surface area contributed by atoms with Crippen LogP contribution in [0.2, 0.25) is 0 Å². The number of aromatic hydroxyl groups is 1. The van der Waals surface area contributed by atoms with Crippen LogP contribution in [-0.4, -0.2) is 23.8 Å². The summed E-state index contributed by atoms with van der Waals surface area (Å²) in [6, 6.07) is 17.1. The Labute approximate surface area is 164 Å². The molecule has 0 aliphatic carbocycles. The summed E-state index contributed by atoms with van der Waals surface area (Å²) in [5.41, 5.74) is 5.13. The minimum atomic E-state index is -0.370. The van der Waals surface area contributed by atoms with Crippen molar-refractivity contribution in [3.8, 4) is 11.5 Å². The highest BCUT2D eigenvalue weighted by atomic mass is 16.5. The largest absolute Gasteiger partial charge is 0.507 e. The van der Waals surface area contributed by atoms with E-state index < -0.39 is 0 Å². The number of nitrogens with one attached hydrogen (secondary N) is 1. The third-order valence-corrected chi connectivity index (χ3v) is 4.57. The van der Waals surface area contributed by atoms with Crippen LogP contribution in [0.5, 0.6) is 11.5 Å². The molecule has 3 aromatic carbocycles. The zero-order valence-corrected chi connectivity index (χ0v) is 16.3. The van der Waals surface area contributed by atoms with Gasteiger partial charge < -0.3 is 9.84 Å². The van der Waals surface area contributed by atoms with E-state index in [4.69, 9.17) is 4.74 Å². The number of benzene rings is 3. The summed E-state index contributed by atoms with van der Waals surface area (Å²) < 4.78 is 5.65. The fourth-order valence-electron chi connectivity index (χ4n) is 2.90. The fourth-order valence-corrected chi connectivity index (χ4v) is 2.90. The average molecular weight is 376 g/mol. The lowest BCUT2D eigenvalue weighted by atomic mass is 10.0. The number of hydrogen-bond donors (Lipinski definition) is 2. The first-order chi connectivity index (χ1) is 13.5. The highest BCUT2D eigenvalue weighted by Crippen LogP contribution is 2.26. The number of fused-ring (bicyclic) bond motifs is 1. The SMILES string of the molecule is Cc1ccc(C(C)C)cc1OCC(=O)N/N=C/c1c(O)ccc2ccccc12. The molecule has 144 valence electrons. The van der Waals surface area contributed by atoms with E-state index in [1.807, 2.05) is 49.4 Å². The number of hydrogen-bond acceptors (Lipinski definition) is 4. The van der Waals surface area contributed by atoms with E-state index in [1.54, 1.807) is 6.07 Å². The number of hydrazone groups is 1. The van der Waals surface area contributed by atoms with Crippen molar-refractivity contribution in [3.63, 3.8) is 0 Å². The van der Waals surface area contributed by atoms with E-state index in [2.05, 4.69) is 30.4 Å². The molecule has 0 spiro atoms. The van der Waals surface area contributed by atoms with Crippen LogP contribution < -0.4 is 10.2 Å². The monoisotopic (exact) mass is 376 g/mol. The van der Waals surface area contributed by atoms with Crippen molar-refractivity contribution in [2.45, 2.75) is 26.7 Å². The Balaban J connectivity index is 1.64. The molecule has 0 heterocycles. The second kappa shape index (κ2) is 8.57. The molecule has 28 heavy (non-hydrogen) atoms. The van der Waals surface area contributed by atoms with Crippen molar-refractivity contribution in [2.75, 3.05) is 6.61 Å². The lowest BCUT2D eigenvalue weighted by Gasteiger charge is -2.12. The summed E-state index contributed by atoms with van der Waals surface area (Å²) in [5.74, 6) is 0.811. The molecule has 0 radical (unpaired) electrons. The molecule has 0 bridgehead atoms. The first kappa shape index (κ1) is 19.4. The van der Waals surface area contributed by atoms with Crippen molar-refractivity contribution in [1.82, 2.24) is 5.43 Å². The molecule has 3 rings (SSSR count). The van der Waals surface area contributed by atoms with Gasteiger partial charge in [-0.05, 0) is 46.9 Å². The van der Waals surface area contributed by atoms with Gasteiger partial charge in [-0.2, -0.15) is 5.10 Å². The third-order valence-electron chi connectivity index (χ3n) is 4.57. The molecule has 5 nitrogen and oxygen atoms in total. The Kier molecular flexibility index (Phi) is 5.94. The van der Waals surface area contributed by atoms with Crippen LogP contribution in [0.1, 0.15) is 36.5 Å². The zero-order chi connectivity index (χ0) is 20.1. The second-order valence-electron chi connectivity index (χ2n) is 6.98. The Morgan fingerprint density at radius 2 is 1.96 bits per heavy atom. The minimum absolute atomic E-state index is 0.106. The van der Waals surface area contributed by atoms with Crippen molar-refractivity contribution >= 4 is 22.9 Å². The maximum Gasteiger partial charge on any atom is 0.277 e. The molecule has 0 aromatic heterocycles. The van der Waals surface area contributed by atoms with Gasteiger partial charge in [-0.1, -0.05) is 56.3 Å². The van der Waals surface area contributed by atoms with Crippen LogP contribution in [-0.2, 0) is 4.79 Å². The smallest absolute Gasteiger partial charge is 0.277 e. The lowest BCUT2D eigenvalue weighted by Crippen LogP contribution is -2.24. The molecule has 0 unspecified atom stereocenters. The number of ether oxygens (including phenoxy) is 1. The van der Waals surface area contributed by atoms with Crippen LogP contribution in [0, 0.1) is 6.92 Å². The number of rotatable bonds is 6. The highest BCUT2D eigenvalue weighted by Gasteiger charge is 2.08. The number of aryl methyl sites for hydroxylation is 1. The van der Waals surface area contributed by atoms with Crippen LogP contribution in [0.25, 0.3) is 10.8 Å². The molecule has 0 aliphatic rings. The quantitative estimate of drug-likeness (QED) is 0.491. The van der Waals surface area contributed by atoms with Gasteiger partial charge in [0.15, 0.2) is 6.61 Å². The van der Waals surface area contributed by atoms with Gasteiger partial charge in [0.1, 0.15) is 11.5 Å². The Bertz CT molecular complexity index is 1030. The van der Waals surface area contributed by atoms with E-state index in [1.165, 1.54) is 6.21 Å². The Hall–Kier alpha value is -3.34. The summed E-state index contributed by atoms with van der Waals surface area (Å²) in [7, 11) is 0. The second-order valence-corrected chi connectivity index (χ2v) is 6.98. The van der Waals surface area contributed by atoms with Crippen molar-refractivity contribution in [2.24, 2.45) is 5.10 Å². The molecular formula is C23H24N2O3. The van der Waals surface area contributed by atoms with Gasteiger partial charge in [-0.15, -0.1) is 0 Å². The fraction of sp³-hybridized carbons (Fsp3) is 0.217. The number of phenols is 1. The normalized spacial score (nSPS) is 11.3. The molecule has 0 fully saturated rings. The molecule has 0 saturated heterocycles. The minimum Gasteiger partial charge on any atom is -0.507 e. The summed E-state index contributed by atoms with van der Waals surface area (Å²) in [6.07, 6.45) is 1.44. The average Bonchev–Trinajstić information content (AvgIpc) is 2.69. The molecule has 5 heteroatoms. The number of nitrogens with zero attached hydrogens (tertiary/aromatic N) is 1. The number of phenolic OH excluding ortho intramolecular Hbond substituents is 1. The van der Waals surface area contributed by atoms with E-state index in [9.17, 15) is 9.90 Å². The molecule has 1 amide bonds. The predicted octanol–water partition coefficient (Wildman–Crippen LogP) is 4.51. The first-order valence-corrected chi connectivity index (χ1v) is 9.21. The van der Waals surface area contributed by atoms with Gasteiger partial charge in [0.05, 0.1) is 6.21 Å². The van der Waals surface area contributed by atoms with Crippen LogP contribution in [0.4, 0.5) is 0 Å². The zero-order valence-electron chi connectivity index (χ0n) is 16.3. The molecule has 0 atom stereocenters. The lowest BCUT2D eigenvalue weighted by molar-refractivity contribution is -0.123. The standard InChI is InChI=1S/C23H24N2O3/c1-15(2)18-9-8-16(3)22(12-18)28-14-23(27)25-24-13-20-19-7-5-4-6-17(19)10-11-21(20)26/h4-13,15,26H,14H2,1-3H3,(H,25,27)/b24-13+. The number of carbonyl (C=O) groups is 1. The van der Waals surface area contributed by atoms with Gasteiger partial charge >= 0.3 is 0 Å². The predicted molar refractivity (Wildman–Crippen MR) is 112 cm³/mol. The van der Waals surface area contributed by atoms with Crippen LogP contribution in [0.15, 0.2) is 59.7 Å². The molecule has 0 saturated carbocycles. The molecular weight excluding hydrogens is 352 g/mol. The van der Waals surface area contributed by atoms with Crippen molar-refractivity contribution in [3.05, 3.63) is 71.3 Å². The molecule has 3 aromatic rings. The van der Waals surface area contributed by atoms with Crippen LogP contribution in [0.3, 0.4) is 0 Å². The van der Waals surface area contributed by atoms with Gasteiger partial charge in [-0.25, -0.2) is 5.43 Å². The Morgan fingerprint density at radius 3 is 2.75 bits per heavy atom. The van der Waals surface area contributed by atoms with Gasteiger partial charge in [0.25, 0.3) is 5.91 Å². The summed E-state index contributed by atoms with van der Waals surface area (Å²) in [4.78, 5) is 12.1. The van der Waals surface area contributed by atoms with Crippen molar-refractivity contribution < 1.29 is 14.6 Å². The summed E-state index contributed by atoms with van der Waals surface area (Å²) in [6.45, 7) is 6.02. The maximum absolute atomic E-state index is 12.1. The number of amides is 1. The van der Waals surface area contributed by atoms with Gasteiger partial charge in [-0.3, -0.25) is 4.79 Å². The topological polar surface area (TPSA) is 70.9 Å². The highest BCUT2D eigenvalue weighted by molar-refractivity contribution is 6.02. The van der Waals surface area contributed by atoms with Gasteiger partial charge in [0, 0.05) is 5.56 Å². The summed E-state index contributed by atoms with van der Waals surface area (Å²) >= 11 is 0. The van der Waals surface area contributed by atoms with E-state index >= 15 is 0 Å². The maximum atomic E-state index is 12.1. The summed E-state index contributed by atoms with van der Waals surface area (Å²) in [5, 5.41) is 15.9. The van der Waals surface area contributed by atoms with E-state index in [-0.39, 0.29) is 18.3 Å².